The van der Waals surface area contributed by atoms with Crippen LogP contribution in [0.5, 0.6) is 0 Å². The molecule has 144 valence electrons. The monoisotopic (exact) mass is 394 g/mol. The first-order chi connectivity index (χ1) is 12.9. The first-order valence-electron chi connectivity index (χ1n) is 8.15. The van der Waals surface area contributed by atoms with E-state index in [1.807, 2.05) is 6.07 Å². The summed E-state index contributed by atoms with van der Waals surface area (Å²) in [7, 11) is 1.34. The number of thioether (sulfide) groups is 1. The Labute approximate surface area is 160 Å². The molecule has 0 fully saturated rings. The molecule has 8 heteroatoms. The highest BCUT2D eigenvalue weighted by molar-refractivity contribution is 7.99. The van der Waals surface area contributed by atoms with Gasteiger partial charge in [-0.3, -0.25) is 4.79 Å². The number of urea groups is 1. The summed E-state index contributed by atoms with van der Waals surface area (Å²) in [5, 5.41) is 5.37. The average Bonchev–Trinajstić information content (AvgIpc) is 2.64. The molecule has 2 aromatic carbocycles. The highest BCUT2D eigenvalue weighted by atomic mass is 32.2. The summed E-state index contributed by atoms with van der Waals surface area (Å²) in [6.45, 7) is 1.67. The molecule has 0 spiro atoms. The molecule has 0 aliphatic heterocycles. The van der Waals surface area contributed by atoms with Crippen LogP contribution < -0.4 is 10.6 Å². The van der Waals surface area contributed by atoms with Crippen molar-refractivity contribution in [2.24, 2.45) is 0 Å². The van der Waals surface area contributed by atoms with Gasteiger partial charge >= 0.3 is 12.0 Å². The van der Waals surface area contributed by atoms with Crippen molar-refractivity contribution in [2.45, 2.75) is 18.7 Å². The molecule has 0 bridgehead atoms. The second kappa shape index (κ2) is 9.91. The van der Waals surface area contributed by atoms with Crippen LogP contribution >= 0.6 is 11.8 Å². The maximum atomic E-state index is 13.3. The zero-order valence-corrected chi connectivity index (χ0v) is 15.7. The summed E-state index contributed by atoms with van der Waals surface area (Å²) in [5.74, 6) is -1.34. The average molecular weight is 394 g/mol. The SMILES string of the molecule is COC(=O)CSCc1cccc(NC(=O)NC(C)c2ccc(F)c(F)c2)c1. The lowest BCUT2D eigenvalue weighted by Gasteiger charge is -2.15. The van der Waals surface area contributed by atoms with E-state index in [1.54, 1.807) is 25.1 Å². The summed E-state index contributed by atoms with van der Waals surface area (Å²) < 4.78 is 30.9. The Kier molecular flexibility index (Phi) is 7.60. The Balaban J connectivity index is 1.90. The van der Waals surface area contributed by atoms with Gasteiger partial charge in [-0.1, -0.05) is 18.2 Å². The smallest absolute Gasteiger partial charge is 0.319 e. The second-order valence-electron chi connectivity index (χ2n) is 5.76. The highest BCUT2D eigenvalue weighted by Gasteiger charge is 2.12. The Morgan fingerprint density at radius 2 is 1.93 bits per heavy atom. The van der Waals surface area contributed by atoms with Gasteiger partial charge in [0.05, 0.1) is 18.9 Å². The van der Waals surface area contributed by atoms with Gasteiger partial charge in [-0.25, -0.2) is 13.6 Å². The van der Waals surface area contributed by atoms with E-state index in [9.17, 15) is 18.4 Å². The Hall–Kier alpha value is -2.61. The quantitative estimate of drug-likeness (QED) is 0.689. The van der Waals surface area contributed by atoms with E-state index < -0.39 is 23.7 Å². The Morgan fingerprint density at radius 3 is 2.63 bits per heavy atom. The van der Waals surface area contributed by atoms with E-state index in [0.717, 1.165) is 17.7 Å². The van der Waals surface area contributed by atoms with Crippen LogP contribution in [0.25, 0.3) is 0 Å². The van der Waals surface area contributed by atoms with Crippen molar-refractivity contribution < 1.29 is 23.1 Å². The van der Waals surface area contributed by atoms with E-state index in [4.69, 9.17) is 0 Å². The molecule has 1 unspecified atom stereocenters. The first-order valence-corrected chi connectivity index (χ1v) is 9.30. The molecule has 2 amide bonds. The number of nitrogens with one attached hydrogen (secondary N) is 2. The van der Waals surface area contributed by atoms with Crippen molar-refractivity contribution in [3.8, 4) is 0 Å². The fraction of sp³-hybridized carbons (Fsp3) is 0.263. The number of anilines is 1. The van der Waals surface area contributed by atoms with Crippen molar-refractivity contribution in [3.63, 3.8) is 0 Å². The van der Waals surface area contributed by atoms with Crippen LogP contribution in [0.3, 0.4) is 0 Å². The van der Waals surface area contributed by atoms with Crippen LogP contribution in [0.4, 0.5) is 19.3 Å². The van der Waals surface area contributed by atoms with Gasteiger partial charge in [-0.15, -0.1) is 11.8 Å². The van der Waals surface area contributed by atoms with Crippen molar-refractivity contribution >= 4 is 29.4 Å². The molecule has 2 rings (SSSR count). The maximum absolute atomic E-state index is 13.3. The Bertz CT molecular complexity index is 817. The van der Waals surface area contributed by atoms with Gasteiger partial charge in [-0.2, -0.15) is 0 Å². The summed E-state index contributed by atoms with van der Waals surface area (Å²) in [6.07, 6.45) is 0. The minimum Gasteiger partial charge on any atom is -0.468 e. The van der Waals surface area contributed by atoms with Crippen LogP contribution in [-0.4, -0.2) is 24.9 Å². The van der Waals surface area contributed by atoms with Gasteiger partial charge in [0, 0.05) is 11.4 Å². The van der Waals surface area contributed by atoms with E-state index in [2.05, 4.69) is 15.4 Å². The van der Waals surface area contributed by atoms with Crippen LogP contribution in [-0.2, 0) is 15.3 Å². The number of amides is 2. The molecule has 1 atom stereocenters. The molecule has 2 N–H and O–H groups in total. The van der Waals surface area contributed by atoms with Crippen LogP contribution in [0.1, 0.15) is 24.1 Å². The number of carbonyl (C=O) groups excluding carboxylic acids is 2. The first kappa shape index (κ1) is 20.7. The Morgan fingerprint density at radius 1 is 1.15 bits per heavy atom. The molecule has 2 aromatic rings. The number of methoxy groups -OCH3 is 1. The van der Waals surface area contributed by atoms with E-state index in [-0.39, 0.29) is 11.7 Å². The summed E-state index contributed by atoms with van der Waals surface area (Å²) >= 11 is 1.41. The van der Waals surface area contributed by atoms with Crippen LogP contribution in [0, 0.1) is 11.6 Å². The fourth-order valence-electron chi connectivity index (χ4n) is 2.28. The lowest BCUT2D eigenvalue weighted by atomic mass is 10.1. The fourth-order valence-corrected chi connectivity index (χ4v) is 3.08. The van der Waals surface area contributed by atoms with Gasteiger partial charge in [-0.05, 0) is 42.3 Å². The number of rotatable bonds is 7. The molecule has 27 heavy (non-hydrogen) atoms. The van der Waals surface area contributed by atoms with Crippen LogP contribution in [0.15, 0.2) is 42.5 Å². The minimum absolute atomic E-state index is 0.250. The van der Waals surface area contributed by atoms with Gasteiger partial charge in [0.1, 0.15) is 0 Å². The number of esters is 1. The topological polar surface area (TPSA) is 67.4 Å². The summed E-state index contributed by atoms with van der Waals surface area (Å²) in [5.41, 5.74) is 1.98. The number of ether oxygens (including phenoxy) is 1. The molecule has 0 saturated heterocycles. The normalized spacial score (nSPS) is 11.6. The summed E-state index contributed by atoms with van der Waals surface area (Å²) in [4.78, 5) is 23.3. The molecule has 0 aliphatic rings. The third kappa shape index (κ3) is 6.56. The molecule has 0 radical (unpaired) electrons. The third-order valence-electron chi connectivity index (χ3n) is 3.69. The molecular formula is C19H20F2N2O3S. The molecule has 0 heterocycles. The maximum Gasteiger partial charge on any atom is 0.319 e. The minimum atomic E-state index is -0.960. The number of carbonyl (C=O) groups is 2. The number of hydrogen-bond acceptors (Lipinski definition) is 4. The van der Waals surface area contributed by atoms with E-state index in [0.29, 0.717) is 17.0 Å². The molecule has 5 nitrogen and oxygen atoms in total. The number of benzene rings is 2. The van der Waals surface area contributed by atoms with Crippen molar-refractivity contribution in [3.05, 3.63) is 65.2 Å². The standard InChI is InChI=1S/C19H20F2N2O3S/c1-12(14-6-7-16(20)17(21)9-14)22-19(25)23-15-5-3-4-13(8-15)10-27-11-18(24)26-2/h3-9,12H,10-11H2,1-2H3,(H2,22,23,25). The van der Waals surface area contributed by atoms with Crippen molar-refractivity contribution in [1.29, 1.82) is 0 Å². The molecule has 0 aromatic heterocycles. The van der Waals surface area contributed by atoms with Gasteiger partial charge < -0.3 is 15.4 Å². The molecule has 0 aliphatic carbocycles. The third-order valence-corrected chi connectivity index (χ3v) is 4.67. The zero-order chi connectivity index (χ0) is 19.8. The van der Waals surface area contributed by atoms with Crippen molar-refractivity contribution in [1.82, 2.24) is 5.32 Å². The lowest BCUT2D eigenvalue weighted by Crippen LogP contribution is -2.31. The largest absolute Gasteiger partial charge is 0.468 e. The predicted octanol–water partition coefficient (Wildman–Crippen LogP) is 4.25. The second-order valence-corrected chi connectivity index (χ2v) is 6.75. The van der Waals surface area contributed by atoms with Crippen LogP contribution in [0.2, 0.25) is 0 Å². The molecular weight excluding hydrogens is 374 g/mol. The zero-order valence-electron chi connectivity index (χ0n) is 14.9. The lowest BCUT2D eigenvalue weighted by molar-refractivity contribution is -0.137. The number of hydrogen-bond donors (Lipinski definition) is 2. The predicted molar refractivity (Wildman–Crippen MR) is 102 cm³/mol. The van der Waals surface area contributed by atoms with Gasteiger partial charge in [0.2, 0.25) is 0 Å². The summed E-state index contributed by atoms with van der Waals surface area (Å²) in [6, 6.07) is 9.74. The molecule has 0 saturated carbocycles. The van der Waals surface area contributed by atoms with Gasteiger partial charge in [0.25, 0.3) is 0 Å². The highest BCUT2D eigenvalue weighted by Crippen LogP contribution is 2.18. The van der Waals surface area contributed by atoms with Crippen molar-refractivity contribution in [2.75, 3.05) is 18.2 Å². The van der Waals surface area contributed by atoms with Gasteiger partial charge in [0.15, 0.2) is 11.6 Å². The number of halogens is 2. The van der Waals surface area contributed by atoms with E-state index >= 15 is 0 Å². The van der Waals surface area contributed by atoms with E-state index in [1.165, 1.54) is 24.9 Å².